The molecule has 21 heavy (non-hydrogen) atoms. The first-order valence-corrected chi connectivity index (χ1v) is 7.26. The molecule has 0 bridgehead atoms. The molecule has 4 heteroatoms. The lowest BCUT2D eigenvalue weighted by atomic mass is 10.1. The zero-order valence-corrected chi connectivity index (χ0v) is 13.3. The van der Waals surface area contributed by atoms with Crippen molar-refractivity contribution in [3.05, 3.63) is 54.0 Å². The summed E-state index contributed by atoms with van der Waals surface area (Å²) in [5.74, 6) is 1.000. The Morgan fingerprint density at radius 3 is 2.48 bits per heavy atom. The Labute approximate surface area is 127 Å². The fourth-order valence-electron chi connectivity index (χ4n) is 2.08. The molecule has 0 saturated carbocycles. The van der Waals surface area contributed by atoms with E-state index in [4.69, 9.17) is 0 Å². The summed E-state index contributed by atoms with van der Waals surface area (Å²) in [6.45, 7) is 8.06. The first-order chi connectivity index (χ1) is 9.96. The zero-order valence-electron chi connectivity index (χ0n) is 13.3. The van der Waals surface area contributed by atoms with Crippen molar-refractivity contribution in [1.82, 2.24) is 15.3 Å². The van der Waals surface area contributed by atoms with Crippen LogP contribution in [0.4, 0.5) is 5.82 Å². The van der Waals surface area contributed by atoms with Crippen molar-refractivity contribution < 1.29 is 0 Å². The Bertz CT molecular complexity index is 561. The normalized spacial score (nSPS) is 11.4. The van der Waals surface area contributed by atoms with Crippen LogP contribution in [0.2, 0.25) is 0 Å². The van der Waals surface area contributed by atoms with Crippen molar-refractivity contribution in [3.8, 4) is 0 Å². The molecule has 0 radical (unpaired) electrons. The number of aromatic nitrogens is 2. The Morgan fingerprint density at radius 2 is 1.81 bits per heavy atom. The van der Waals surface area contributed by atoms with Gasteiger partial charge in [0, 0.05) is 37.1 Å². The highest BCUT2D eigenvalue weighted by Gasteiger charge is 2.13. The van der Waals surface area contributed by atoms with Gasteiger partial charge in [-0.2, -0.15) is 0 Å². The maximum absolute atomic E-state index is 4.53. The summed E-state index contributed by atoms with van der Waals surface area (Å²) >= 11 is 0. The van der Waals surface area contributed by atoms with Crippen molar-refractivity contribution in [2.24, 2.45) is 0 Å². The van der Waals surface area contributed by atoms with Gasteiger partial charge in [-0.05, 0) is 39.0 Å². The van der Waals surface area contributed by atoms with Crippen LogP contribution in [0.5, 0.6) is 0 Å². The lowest BCUT2D eigenvalue weighted by Crippen LogP contribution is -2.35. The van der Waals surface area contributed by atoms with Gasteiger partial charge in [0.1, 0.15) is 5.82 Å². The fourth-order valence-corrected chi connectivity index (χ4v) is 2.08. The number of rotatable bonds is 5. The Balaban J connectivity index is 2.11. The molecule has 0 spiro atoms. The van der Waals surface area contributed by atoms with Gasteiger partial charge in [0.05, 0.1) is 12.2 Å². The summed E-state index contributed by atoms with van der Waals surface area (Å²) in [6.07, 6.45) is 3.66. The predicted octanol–water partition coefficient (Wildman–Crippen LogP) is 3.00. The molecule has 0 fully saturated rings. The third-order valence-corrected chi connectivity index (χ3v) is 3.16. The number of pyridine rings is 2. The number of nitrogens with zero attached hydrogens (tertiary/aromatic N) is 3. The van der Waals surface area contributed by atoms with E-state index in [9.17, 15) is 0 Å². The fraction of sp³-hybridized carbons (Fsp3) is 0.412. The van der Waals surface area contributed by atoms with E-state index < -0.39 is 0 Å². The quantitative estimate of drug-likeness (QED) is 0.916. The molecule has 2 aromatic heterocycles. The second kappa shape index (κ2) is 6.68. The van der Waals surface area contributed by atoms with E-state index in [-0.39, 0.29) is 5.54 Å². The molecule has 4 nitrogen and oxygen atoms in total. The van der Waals surface area contributed by atoms with Crippen LogP contribution in [0.15, 0.2) is 42.7 Å². The molecule has 0 aliphatic heterocycles. The monoisotopic (exact) mass is 284 g/mol. The number of hydrogen-bond donors (Lipinski definition) is 1. The third-order valence-electron chi connectivity index (χ3n) is 3.16. The van der Waals surface area contributed by atoms with Gasteiger partial charge >= 0.3 is 0 Å². The van der Waals surface area contributed by atoms with E-state index >= 15 is 0 Å². The van der Waals surface area contributed by atoms with Gasteiger partial charge in [-0.15, -0.1) is 0 Å². The smallest absolute Gasteiger partial charge is 0.133 e. The summed E-state index contributed by atoms with van der Waals surface area (Å²) in [5, 5.41) is 3.52. The summed E-state index contributed by atoms with van der Waals surface area (Å²) in [6, 6.07) is 10.1. The maximum atomic E-state index is 4.53. The molecule has 0 saturated heterocycles. The molecule has 0 atom stereocenters. The van der Waals surface area contributed by atoms with E-state index in [0.29, 0.717) is 0 Å². The van der Waals surface area contributed by atoms with E-state index in [2.05, 4.69) is 54.1 Å². The highest BCUT2D eigenvalue weighted by atomic mass is 15.2. The lowest BCUT2D eigenvalue weighted by Gasteiger charge is -2.24. The Kier molecular flexibility index (Phi) is 4.91. The van der Waals surface area contributed by atoms with Crippen LogP contribution in [-0.2, 0) is 13.1 Å². The van der Waals surface area contributed by atoms with Crippen LogP contribution in [0.25, 0.3) is 0 Å². The molecular formula is C17H24N4. The van der Waals surface area contributed by atoms with Crippen molar-refractivity contribution in [3.63, 3.8) is 0 Å². The molecule has 0 unspecified atom stereocenters. The van der Waals surface area contributed by atoms with Gasteiger partial charge in [-0.25, -0.2) is 4.98 Å². The molecule has 0 aromatic carbocycles. The topological polar surface area (TPSA) is 41.1 Å². The van der Waals surface area contributed by atoms with Crippen LogP contribution in [-0.4, -0.2) is 22.6 Å². The van der Waals surface area contributed by atoms with E-state index in [1.807, 2.05) is 36.7 Å². The Morgan fingerprint density at radius 1 is 1.05 bits per heavy atom. The van der Waals surface area contributed by atoms with Crippen molar-refractivity contribution in [1.29, 1.82) is 0 Å². The first-order valence-electron chi connectivity index (χ1n) is 7.26. The SMILES string of the molecule is CN(Cc1ccccn1)c1ncccc1CNC(C)(C)C. The number of nitrogens with one attached hydrogen (secondary N) is 1. The average Bonchev–Trinajstić information content (AvgIpc) is 2.46. The van der Waals surface area contributed by atoms with Crippen molar-refractivity contribution in [2.75, 3.05) is 11.9 Å². The van der Waals surface area contributed by atoms with Gasteiger partial charge in [0.2, 0.25) is 0 Å². The third kappa shape index (κ3) is 4.83. The van der Waals surface area contributed by atoms with E-state index in [1.165, 1.54) is 5.56 Å². The molecule has 1 N–H and O–H groups in total. The van der Waals surface area contributed by atoms with Crippen molar-refractivity contribution >= 4 is 5.82 Å². The van der Waals surface area contributed by atoms with Gasteiger partial charge in [-0.3, -0.25) is 4.98 Å². The molecule has 0 aliphatic carbocycles. The van der Waals surface area contributed by atoms with Gasteiger partial charge in [0.15, 0.2) is 0 Å². The number of hydrogen-bond acceptors (Lipinski definition) is 4. The first kappa shape index (κ1) is 15.4. The highest BCUT2D eigenvalue weighted by molar-refractivity contribution is 5.46. The molecule has 0 amide bonds. The second-order valence-corrected chi connectivity index (χ2v) is 6.27. The average molecular weight is 284 g/mol. The summed E-state index contributed by atoms with van der Waals surface area (Å²) < 4.78 is 0. The number of anilines is 1. The summed E-state index contributed by atoms with van der Waals surface area (Å²) in [4.78, 5) is 11.0. The molecule has 2 aromatic rings. The minimum Gasteiger partial charge on any atom is -0.354 e. The van der Waals surface area contributed by atoms with Crippen molar-refractivity contribution in [2.45, 2.75) is 39.4 Å². The van der Waals surface area contributed by atoms with Gasteiger partial charge in [0.25, 0.3) is 0 Å². The minimum absolute atomic E-state index is 0.0899. The molecule has 112 valence electrons. The summed E-state index contributed by atoms with van der Waals surface area (Å²) in [7, 11) is 2.05. The van der Waals surface area contributed by atoms with E-state index in [0.717, 1.165) is 24.6 Å². The van der Waals surface area contributed by atoms with Crippen LogP contribution in [0.3, 0.4) is 0 Å². The lowest BCUT2D eigenvalue weighted by molar-refractivity contribution is 0.424. The predicted molar refractivity (Wildman–Crippen MR) is 87.2 cm³/mol. The maximum Gasteiger partial charge on any atom is 0.133 e. The van der Waals surface area contributed by atoms with E-state index in [1.54, 1.807) is 0 Å². The molecule has 2 rings (SSSR count). The molecule has 0 aliphatic rings. The minimum atomic E-state index is 0.0899. The molecular weight excluding hydrogens is 260 g/mol. The highest BCUT2D eigenvalue weighted by Crippen LogP contribution is 2.18. The van der Waals surface area contributed by atoms with Crippen LogP contribution in [0.1, 0.15) is 32.0 Å². The zero-order chi connectivity index (χ0) is 15.3. The van der Waals surface area contributed by atoms with Crippen LogP contribution in [0, 0.1) is 0 Å². The van der Waals surface area contributed by atoms with Gasteiger partial charge in [-0.1, -0.05) is 12.1 Å². The van der Waals surface area contributed by atoms with Crippen LogP contribution < -0.4 is 10.2 Å². The largest absolute Gasteiger partial charge is 0.354 e. The standard InChI is InChI=1S/C17H24N4/c1-17(2,3)20-12-14-8-7-11-19-16(14)21(4)13-15-9-5-6-10-18-15/h5-11,20H,12-13H2,1-4H3. The molecule has 2 heterocycles. The Hall–Kier alpha value is -1.94. The second-order valence-electron chi connectivity index (χ2n) is 6.27. The van der Waals surface area contributed by atoms with Gasteiger partial charge < -0.3 is 10.2 Å². The van der Waals surface area contributed by atoms with Crippen LogP contribution >= 0.6 is 0 Å². The summed E-state index contributed by atoms with van der Waals surface area (Å²) in [5.41, 5.74) is 2.33.